The first-order valence-electron chi connectivity index (χ1n) is 6.98. The summed E-state index contributed by atoms with van der Waals surface area (Å²) in [7, 11) is 0. The number of rotatable bonds is 4. The van der Waals surface area contributed by atoms with Gasteiger partial charge < -0.3 is 0 Å². The molecule has 5 heteroatoms. The van der Waals surface area contributed by atoms with E-state index in [1.54, 1.807) is 6.21 Å². The predicted molar refractivity (Wildman–Crippen MR) is 94.9 cm³/mol. The standard InChI is InChI=1S/C17H14Br2N2O/c18-15-7-6-11(8-16(15)19)10-20-21-17(22)14-9-13(14)12-4-2-1-3-5-12/h1-8,10,13-14H,9H2,(H,21,22). The third-order valence-electron chi connectivity index (χ3n) is 3.69. The van der Waals surface area contributed by atoms with Crippen LogP contribution in [0.15, 0.2) is 62.6 Å². The van der Waals surface area contributed by atoms with E-state index in [0.717, 1.165) is 20.9 Å². The second-order valence-electron chi connectivity index (χ2n) is 5.27. The highest BCUT2D eigenvalue weighted by molar-refractivity contribution is 9.13. The lowest BCUT2D eigenvalue weighted by Gasteiger charge is -2.00. The van der Waals surface area contributed by atoms with E-state index in [-0.39, 0.29) is 11.8 Å². The number of halogens is 2. The molecule has 0 heterocycles. The van der Waals surface area contributed by atoms with Crippen molar-refractivity contribution >= 4 is 44.0 Å². The zero-order valence-electron chi connectivity index (χ0n) is 11.7. The van der Waals surface area contributed by atoms with E-state index in [1.165, 1.54) is 5.56 Å². The summed E-state index contributed by atoms with van der Waals surface area (Å²) in [5.74, 6) is 0.357. The summed E-state index contributed by atoms with van der Waals surface area (Å²) in [6.07, 6.45) is 2.55. The molecule has 1 aliphatic carbocycles. The summed E-state index contributed by atoms with van der Waals surface area (Å²) in [6, 6.07) is 15.9. The van der Waals surface area contributed by atoms with Gasteiger partial charge in [0, 0.05) is 14.9 Å². The van der Waals surface area contributed by atoms with Crippen LogP contribution in [0.2, 0.25) is 0 Å². The minimum Gasteiger partial charge on any atom is -0.273 e. The van der Waals surface area contributed by atoms with E-state index in [2.05, 4.69) is 54.5 Å². The van der Waals surface area contributed by atoms with Crippen molar-refractivity contribution in [3.8, 4) is 0 Å². The molecule has 0 aliphatic heterocycles. The molecule has 2 unspecified atom stereocenters. The SMILES string of the molecule is O=C(NN=Cc1ccc(Br)c(Br)c1)C1CC1c1ccccc1. The van der Waals surface area contributed by atoms with Crippen molar-refractivity contribution in [2.75, 3.05) is 0 Å². The number of hydrazone groups is 1. The van der Waals surface area contributed by atoms with Crippen LogP contribution in [0, 0.1) is 5.92 Å². The van der Waals surface area contributed by atoms with Gasteiger partial charge in [-0.2, -0.15) is 5.10 Å². The Morgan fingerprint density at radius 1 is 1.14 bits per heavy atom. The maximum absolute atomic E-state index is 12.1. The fourth-order valence-corrected chi connectivity index (χ4v) is 3.04. The molecule has 1 saturated carbocycles. The molecule has 1 aliphatic rings. The maximum atomic E-state index is 12.1. The van der Waals surface area contributed by atoms with E-state index in [1.807, 2.05) is 36.4 Å². The quantitative estimate of drug-likeness (QED) is 0.574. The van der Waals surface area contributed by atoms with Gasteiger partial charge >= 0.3 is 0 Å². The highest BCUT2D eigenvalue weighted by atomic mass is 79.9. The van der Waals surface area contributed by atoms with Crippen molar-refractivity contribution in [1.29, 1.82) is 0 Å². The number of amides is 1. The number of carbonyl (C=O) groups excluding carboxylic acids is 1. The molecule has 2 atom stereocenters. The predicted octanol–water partition coefficient (Wildman–Crippen LogP) is 4.47. The molecule has 0 radical (unpaired) electrons. The number of hydrogen-bond donors (Lipinski definition) is 1. The van der Waals surface area contributed by atoms with Gasteiger partial charge in [-0.1, -0.05) is 36.4 Å². The first-order chi connectivity index (χ1) is 10.6. The smallest absolute Gasteiger partial charge is 0.243 e. The van der Waals surface area contributed by atoms with Crippen molar-refractivity contribution in [3.63, 3.8) is 0 Å². The van der Waals surface area contributed by atoms with Crippen molar-refractivity contribution in [3.05, 3.63) is 68.6 Å². The number of hydrogen-bond acceptors (Lipinski definition) is 2. The van der Waals surface area contributed by atoms with E-state index in [9.17, 15) is 4.79 Å². The number of nitrogens with one attached hydrogen (secondary N) is 1. The normalized spacial score (nSPS) is 20.1. The molecule has 0 bridgehead atoms. The summed E-state index contributed by atoms with van der Waals surface area (Å²) in [5, 5.41) is 4.04. The Hall–Kier alpha value is -1.46. The van der Waals surface area contributed by atoms with Gasteiger partial charge in [0.05, 0.1) is 6.21 Å². The highest BCUT2D eigenvalue weighted by Crippen LogP contribution is 2.47. The van der Waals surface area contributed by atoms with E-state index >= 15 is 0 Å². The van der Waals surface area contributed by atoms with Crippen LogP contribution in [0.25, 0.3) is 0 Å². The molecule has 1 amide bonds. The zero-order chi connectivity index (χ0) is 15.5. The Morgan fingerprint density at radius 2 is 1.91 bits per heavy atom. The molecular weight excluding hydrogens is 408 g/mol. The number of carbonyl (C=O) groups is 1. The Bertz CT molecular complexity index is 716. The van der Waals surface area contributed by atoms with Gasteiger partial charge in [-0.25, -0.2) is 5.43 Å². The topological polar surface area (TPSA) is 41.5 Å². The third kappa shape index (κ3) is 3.65. The summed E-state index contributed by atoms with van der Waals surface area (Å²) in [4.78, 5) is 12.1. The summed E-state index contributed by atoms with van der Waals surface area (Å²) in [5.41, 5.74) is 4.78. The Morgan fingerprint density at radius 3 is 2.64 bits per heavy atom. The third-order valence-corrected chi connectivity index (χ3v) is 5.57. The first-order valence-corrected chi connectivity index (χ1v) is 8.56. The molecule has 0 saturated heterocycles. The van der Waals surface area contributed by atoms with Crippen LogP contribution in [0.5, 0.6) is 0 Å². The molecule has 22 heavy (non-hydrogen) atoms. The van der Waals surface area contributed by atoms with E-state index in [4.69, 9.17) is 0 Å². The molecule has 0 aromatic heterocycles. The van der Waals surface area contributed by atoms with Crippen molar-refractivity contribution in [2.24, 2.45) is 11.0 Å². The zero-order valence-corrected chi connectivity index (χ0v) is 14.8. The average molecular weight is 422 g/mol. The highest BCUT2D eigenvalue weighted by Gasteiger charge is 2.43. The van der Waals surface area contributed by atoms with Gasteiger partial charge in [0.1, 0.15) is 0 Å². The fraction of sp³-hybridized carbons (Fsp3) is 0.176. The minimum atomic E-state index is -0.0127. The first kappa shape index (κ1) is 15.4. The van der Waals surface area contributed by atoms with Crippen LogP contribution < -0.4 is 5.43 Å². The molecule has 2 aromatic rings. The van der Waals surface area contributed by atoms with Crippen LogP contribution >= 0.6 is 31.9 Å². The molecule has 1 fully saturated rings. The molecule has 1 N–H and O–H groups in total. The van der Waals surface area contributed by atoms with Gasteiger partial charge in [-0.05, 0) is 67.5 Å². The van der Waals surface area contributed by atoms with Gasteiger partial charge in [0.25, 0.3) is 0 Å². The van der Waals surface area contributed by atoms with Crippen LogP contribution in [0.3, 0.4) is 0 Å². The molecule has 3 nitrogen and oxygen atoms in total. The second-order valence-corrected chi connectivity index (χ2v) is 6.98. The summed E-state index contributed by atoms with van der Waals surface area (Å²) < 4.78 is 1.94. The maximum Gasteiger partial charge on any atom is 0.243 e. The molecule has 2 aromatic carbocycles. The minimum absolute atomic E-state index is 0.0127. The van der Waals surface area contributed by atoms with Gasteiger partial charge in [-0.3, -0.25) is 4.79 Å². The Labute approximate surface area is 146 Å². The second kappa shape index (κ2) is 6.75. The lowest BCUT2D eigenvalue weighted by atomic mass is 10.1. The van der Waals surface area contributed by atoms with Gasteiger partial charge in [0.2, 0.25) is 5.91 Å². The number of nitrogens with zero attached hydrogens (tertiary/aromatic N) is 1. The lowest BCUT2D eigenvalue weighted by Crippen LogP contribution is -2.20. The Balaban J connectivity index is 1.55. The summed E-state index contributed by atoms with van der Waals surface area (Å²) in [6.45, 7) is 0. The summed E-state index contributed by atoms with van der Waals surface area (Å²) >= 11 is 6.85. The Kier molecular flexibility index (Phi) is 4.74. The van der Waals surface area contributed by atoms with E-state index in [0.29, 0.717) is 5.92 Å². The average Bonchev–Trinajstić information content (AvgIpc) is 3.32. The van der Waals surface area contributed by atoms with Crippen molar-refractivity contribution in [2.45, 2.75) is 12.3 Å². The van der Waals surface area contributed by atoms with Gasteiger partial charge in [0.15, 0.2) is 0 Å². The molecule has 112 valence electrons. The molecule has 3 rings (SSSR count). The van der Waals surface area contributed by atoms with Crippen LogP contribution in [0.1, 0.15) is 23.5 Å². The van der Waals surface area contributed by atoms with Crippen molar-refractivity contribution < 1.29 is 4.79 Å². The van der Waals surface area contributed by atoms with Gasteiger partial charge in [-0.15, -0.1) is 0 Å². The van der Waals surface area contributed by atoms with E-state index < -0.39 is 0 Å². The fourth-order valence-electron chi connectivity index (χ4n) is 2.40. The number of benzene rings is 2. The van der Waals surface area contributed by atoms with Crippen LogP contribution in [-0.2, 0) is 4.79 Å². The molecule has 0 spiro atoms. The van der Waals surface area contributed by atoms with Crippen LogP contribution in [0.4, 0.5) is 0 Å². The lowest BCUT2D eigenvalue weighted by molar-refractivity contribution is -0.122. The van der Waals surface area contributed by atoms with Crippen LogP contribution in [-0.4, -0.2) is 12.1 Å². The monoisotopic (exact) mass is 420 g/mol. The molecular formula is C17H14Br2N2O. The van der Waals surface area contributed by atoms with Crippen molar-refractivity contribution in [1.82, 2.24) is 5.43 Å². The largest absolute Gasteiger partial charge is 0.273 e.